The van der Waals surface area contributed by atoms with Crippen molar-refractivity contribution in [2.45, 2.75) is 6.61 Å². The maximum Gasteiger partial charge on any atom is 0.264 e. The van der Waals surface area contributed by atoms with Gasteiger partial charge in [-0.3, -0.25) is 4.79 Å². The Labute approximate surface area is 198 Å². The van der Waals surface area contributed by atoms with E-state index in [1.54, 1.807) is 24.3 Å². The van der Waals surface area contributed by atoms with Crippen molar-refractivity contribution in [2.24, 2.45) is 4.99 Å². The second-order valence-corrected chi connectivity index (χ2v) is 8.73. The SMILES string of the molecule is O=C1NC(=Nc2cccc(Cl)c2Cl)S/C1=C\c1ccc(OCc2ccccc2Cl)cc1. The third-order valence-electron chi connectivity index (χ3n) is 4.33. The van der Waals surface area contributed by atoms with Crippen molar-refractivity contribution in [1.29, 1.82) is 0 Å². The third-order valence-corrected chi connectivity index (χ3v) is 6.42. The summed E-state index contributed by atoms with van der Waals surface area (Å²) in [6.07, 6.45) is 1.79. The summed E-state index contributed by atoms with van der Waals surface area (Å²) in [6.45, 7) is 0.379. The van der Waals surface area contributed by atoms with Gasteiger partial charge in [0, 0.05) is 10.6 Å². The largest absolute Gasteiger partial charge is 0.489 e. The van der Waals surface area contributed by atoms with Crippen molar-refractivity contribution in [3.05, 3.63) is 97.8 Å². The molecule has 31 heavy (non-hydrogen) atoms. The molecule has 1 amide bonds. The molecular formula is C23H15Cl3N2O2S. The lowest BCUT2D eigenvalue weighted by atomic mass is 10.2. The Morgan fingerprint density at radius 1 is 0.935 bits per heavy atom. The van der Waals surface area contributed by atoms with Crippen LogP contribution in [0.4, 0.5) is 5.69 Å². The van der Waals surface area contributed by atoms with Crippen molar-refractivity contribution in [3.8, 4) is 5.75 Å². The standard InChI is InChI=1S/C23H15Cl3N2O2S/c24-17-5-2-1-4-15(17)13-30-16-10-8-14(9-11-16)12-20-22(29)28-23(31-20)27-19-7-3-6-18(25)21(19)26/h1-12H,13H2,(H,27,28,29)/b20-12-. The Bertz CT molecular complexity index is 1190. The highest BCUT2D eigenvalue weighted by Crippen LogP contribution is 2.34. The van der Waals surface area contributed by atoms with Crippen LogP contribution in [-0.4, -0.2) is 11.1 Å². The van der Waals surface area contributed by atoms with Crippen LogP contribution >= 0.6 is 46.6 Å². The monoisotopic (exact) mass is 488 g/mol. The number of thioether (sulfide) groups is 1. The summed E-state index contributed by atoms with van der Waals surface area (Å²) in [4.78, 5) is 17.2. The predicted octanol–water partition coefficient (Wildman–Crippen LogP) is 7.12. The Morgan fingerprint density at radius 3 is 2.45 bits per heavy atom. The van der Waals surface area contributed by atoms with E-state index in [1.807, 2.05) is 48.5 Å². The van der Waals surface area contributed by atoms with Crippen LogP contribution in [0.5, 0.6) is 5.75 Å². The summed E-state index contributed by atoms with van der Waals surface area (Å²) in [5.41, 5.74) is 2.28. The highest BCUT2D eigenvalue weighted by molar-refractivity contribution is 8.18. The molecular weight excluding hydrogens is 475 g/mol. The summed E-state index contributed by atoms with van der Waals surface area (Å²) in [5, 5.41) is 4.61. The minimum absolute atomic E-state index is 0.221. The van der Waals surface area contributed by atoms with Crippen LogP contribution in [0.2, 0.25) is 15.1 Å². The number of hydrogen-bond acceptors (Lipinski definition) is 4. The maximum atomic E-state index is 12.3. The quantitative estimate of drug-likeness (QED) is 0.388. The molecule has 0 atom stereocenters. The molecule has 4 rings (SSSR count). The Balaban J connectivity index is 1.44. The number of halogens is 3. The van der Waals surface area contributed by atoms with Gasteiger partial charge < -0.3 is 10.1 Å². The van der Waals surface area contributed by atoms with Gasteiger partial charge in [0.15, 0.2) is 5.17 Å². The van der Waals surface area contributed by atoms with Crippen molar-refractivity contribution in [2.75, 3.05) is 0 Å². The van der Waals surface area contributed by atoms with E-state index < -0.39 is 0 Å². The summed E-state index contributed by atoms with van der Waals surface area (Å²) in [6, 6.07) is 20.2. The molecule has 0 bridgehead atoms. The minimum Gasteiger partial charge on any atom is -0.489 e. The molecule has 0 aliphatic carbocycles. The van der Waals surface area contributed by atoms with E-state index in [-0.39, 0.29) is 5.91 Å². The van der Waals surface area contributed by atoms with Gasteiger partial charge >= 0.3 is 0 Å². The maximum absolute atomic E-state index is 12.3. The van der Waals surface area contributed by atoms with Gasteiger partial charge in [-0.25, -0.2) is 4.99 Å². The van der Waals surface area contributed by atoms with Gasteiger partial charge in [-0.1, -0.05) is 71.2 Å². The van der Waals surface area contributed by atoms with Crippen molar-refractivity contribution in [3.63, 3.8) is 0 Å². The van der Waals surface area contributed by atoms with Gasteiger partial charge in [-0.2, -0.15) is 0 Å². The first-order valence-electron chi connectivity index (χ1n) is 9.19. The summed E-state index contributed by atoms with van der Waals surface area (Å²) >= 11 is 19.6. The number of hydrogen-bond donors (Lipinski definition) is 1. The van der Waals surface area contributed by atoms with Crippen molar-refractivity contribution >= 4 is 69.4 Å². The highest BCUT2D eigenvalue weighted by atomic mass is 35.5. The van der Waals surface area contributed by atoms with Crippen molar-refractivity contribution in [1.82, 2.24) is 5.32 Å². The molecule has 0 aromatic heterocycles. The fourth-order valence-electron chi connectivity index (χ4n) is 2.76. The molecule has 0 unspecified atom stereocenters. The Kier molecular flexibility index (Phi) is 6.88. The summed E-state index contributed by atoms with van der Waals surface area (Å²) in [5.74, 6) is 0.490. The molecule has 0 radical (unpaired) electrons. The van der Waals surface area contributed by atoms with Crippen LogP contribution in [0.3, 0.4) is 0 Å². The topological polar surface area (TPSA) is 50.7 Å². The van der Waals surface area contributed by atoms with Gasteiger partial charge in [-0.05, 0) is 53.7 Å². The molecule has 156 valence electrons. The van der Waals surface area contributed by atoms with Gasteiger partial charge in [0.25, 0.3) is 5.91 Å². The molecule has 1 aliphatic rings. The first kappa shape index (κ1) is 21.8. The number of aliphatic imine (C=N–C) groups is 1. The highest BCUT2D eigenvalue weighted by Gasteiger charge is 2.24. The van der Waals surface area contributed by atoms with Gasteiger partial charge in [-0.15, -0.1) is 0 Å². The molecule has 3 aromatic rings. The summed E-state index contributed by atoms with van der Waals surface area (Å²) in [7, 11) is 0. The van der Waals surface area contributed by atoms with Crippen LogP contribution < -0.4 is 10.1 Å². The van der Waals surface area contributed by atoms with E-state index in [0.29, 0.717) is 43.2 Å². The van der Waals surface area contributed by atoms with Crippen LogP contribution in [0, 0.1) is 0 Å². The van der Waals surface area contributed by atoms with E-state index in [2.05, 4.69) is 10.3 Å². The van der Waals surface area contributed by atoms with Crippen LogP contribution in [0.1, 0.15) is 11.1 Å². The zero-order valence-corrected chi connectivity index (χ0v) is 19.0. The smallest absolute Gasteiger partial charge is 0.264 e. The van der Waals surface area contributed by atoms with Gasteiger partial charge in [0.2, 0.25) is 0 Å². The number of amidine groups is 1. The van der Waals surface area contributed by atoms with Gasteiger partial charge in [0.1, 0.15) is 12.4 Å². The zero-order valence-electron chi connectivity index (χ0n) is 15.9. The second kappa shape index (κ2) is 9.79. The van der Waals surface area contributed by atoms with Gasteiger partial charge in [0.05, 0.1) is 20.6 Å². The average molecular weight is 490 g/mol. The van der Waals surface area contributed by atoms with E-state index in [1.165, 1.54) is 11.8 Å². The minimum atomic E-state index is -0.221. The third kappa shape index (κ3) is 5.43. The van der Waals surface area contributed by atoms with Crippen LogP contribution in [-0.2, 0) is 11.4 Å². The Morgan fingerprint density at radius 2 is 1.68 bits per heavy atom. The fraction of sp³-hybridized carbons (Fsp3) is 0.0435. The van der Waals surface area contributed by atoms with Crippen LogP contribution in [0.25, 0.3) is 6.08 Å². The fourth-order valence-corrected chi connectivity index (χ4v) is 4.12. The number of amides is 1. The molecule has 1 heterocycles. The molecule has 1 aliphatic heterocycles. The number of ether oxygens (including phenoxy) is 1. The lowest BCUT2D eigenvalue weighted by Crippen LogP contribution is -2.19. The van der Waals surface area contributed by atoms with Crippen LogP contribution in [0.15, 0.2) is 76.6 Å². The lowest BCUT2D eigenvalue weighted by molar-refractivity contribution is -0.115. The molecule has 1 saturated heterocycles. The number of carbonyl (C=O) groups excluding carboxylic acids is 1. The molecule has 4 nitrogen and oxygen atoms in total. The number of carbonyl (C=O) groups is 1. The first-order valence-corrected chi connectivity index (χ1v) is 11.1. The number of nitrogens with zero attached hydrogens (tertiary/aromatic N) is 1. The number of nitrogens with one attached hydrogen (secondary N) is 1. The predicted molar refractivity (Wildman–Crippen MR) is 129 cm³/mol. The zero-order chi connectivity index (χ0) is 21.8. The molecule has 0 saturated carbocycles. The number of benzene rings is 3. The number of rotatable bonds is 5. The average Bonchev–Trinajstić information content (AvgIpc) is 3.10. The van der Waals surface area contributed by atoms with E-state index in [9.17, 15) is 4.79 Å². The molecule has 0 spiro atoms. The molecule has 1 fully saturated rings. The van der Waals surface area contributed by atoms with E-state index >= 15 is 0 Å². The van der Waals surface area contributed by atoms with Crippen molar-refractivity contribution < 1.29 is 9.53 Å². The normalized spacial score (nSPS) is 16.0. The molecule has 3 aromatic carbocycles. The summed E-state index contributed by atoms with van der Waals surface area (Å²) < 4.78 is 5.79. The first-order chi connectivity index (χ1) is 15.0. The lowest BCUT2D eigenvalue weighted by Gasteiger charge is -2.08. The van der Waals surface area contributed by atoms with E-state index in [4.69, 9.17) is 39.5 Å². The molecule has 1 N–H and O–H groups in total. The molecule has 8 heteroatoms. The van der Waals surface area contributed by atoms with E-state index in [0.717, 1.165) is 11.1 Å². The Hall–Kier alpha value is -2.44. The second-order valence-electron chi connectivity index (χ2n) is 6.50.